The molecule has 140 valence electrons. The van der Waals surface area contributed by atoms with E-state index in [0.717, 1.165) is 25.5 Å². The molecule has 0 radical (unpaired) electrons. The first-order chi connectivity index (χ1) is 13.2. The van der Waals surface area contributed by atoms with Crippen LogP contribution in [-0.4, -0.2) is 32.8 Å². The lowest BCUT2D eigenvalue weighted by atomic mass is 9.69. The topological polar surface area (TPSA) is 34.0 Å². The molecular weight excluding hydrogens is 332 g/mol. The van der Waals surface area contributed by atoms with E-state index in [4.69, 9.17) is 0 Å². The molecule has 0 unspecified atom stereocenters. The van der Waals surface area contributed by atoms with Gasteiger partial charge in [-0.05, 0) is 44.4 Å². The molecular formula is C23H28N4. The van der Waals surface area contributed by atoms with Crippen molar-refractivity contribution in [2.45, 2.75) is 44.7 Å². The molecule has 2 heterocycles. The Bertz CT molecular complexity index is 815. The molecule has 4 nitrogen and oxygen atoms in total. The second-order valence-electron chi connectivity index (χ2n) is 7.88. The van der Waals surface area contributed by atoms with Crippen LogP contribution in [0.4, 0.5) is 0 Å². The predicted molar refractivity (Wildman–Crippen MR) is 109 cm³/mol. The van der Waals surface area contributed by atoms with Crippen molar-refractivity contribution < 1.29 is 0 Å². The molecule has 0 spiro atoms. The van der Waals surface area contributed by atoms with Crippen LogP contribution in [0.1, 0.15) is 49.7 Å². The summed E-state index contributed by atoms with van der Waals surface area (Å²) >= 11 is 0. The number of aromatic nitrogens is 3. The second kappa shape index (κ2) is 7.65. The van der Waals surface area contributed by atoms with E-state index in [-0.39, 0.29) is 5.41 Å². The fourth-order valence-electron chi connectivity index (χ4n) is 4.44. The summed E-state index contributed by atoms with van der Waals surface area (Å²) in [4.78, 5) is 2.55. The Balaban J connectivity index is 1.67. The molecule has 27 heavy (non-hydrogen) atoms. The zero-order valence-electron chi connectivity index (χ0n) is 16.3. The first-order valence-corrected chi connectivity index (χ1v) is 9.91. The Hall–Kier alpha value is -2.46. The number of nitrogens with zero attached hydrogens (tertiary/aromatic N) is 4. The van der Waals surface area contributed by atoms with Gasteiger partial charge in [-0.25, -0.2) is 0 Å². The van der Waals surface area contributed by atoms with Gasteiger partial charge in [-0.1, -0.05) is 60.7 Å². The fourth-order valence-corrected chi connectivity index (χ4v) is 4.44. The molecule has 1 aliphatic heterocycles. The largest absolute Gasteiger partial charge is 0.314 e. The average molecular weight is 361 g/mol. The monoisotopic (exact) mass is 360 g/mol. The maximum absolute atomic E-state index is 4.40. The van der Waals surface area contributed by atoms with Gasteiger partial charge < -0.3 is 4.57 Å². The molecule has 2 aromatic carbocycles. The Morgan fingerprint density at radius 3 is 2.19 bits per heavy atom. The van der Waals surface area contributed by atoms with Gasteiger partial charge >= 0.3 is 0 Å². The Morgan fingerprint density at radius 2 is 1.59 bits per heavy atom. The summed E-state index contributed by atoms with van der Waals surface area (Å²) in [6.07, 6.45) is 4.21. The minimum atomic E-state index is 0.0312. The van der Waals surface area contributed by atoms with Crippen molar-refractivity contribution in [3.8, 4) is 0 Å². The van der Waals surface area contributed by atoms with Crippen molar-refractivity contribution in [2.24, 2.45) is 0 Å². The SMILES string of the molecule is CC(C)n1cnnc1CN1CCCC(c2ccccc2)(c2ccccc2)C1. The molecule has 3 aromatic rings. The highest BCUT2D eigenvalue weighted by molar-refractivity contribution is 5.40. The molecule has 4 rings (SSSR count). The molecule has 0 N–H and O–H groups in total. The summed E-state index contributed by atoms with van der Waals surface area (Å²) in [5, 5.41) is 8.54. The van der Waals surface area contributed by atoms with E-state index in [1.165, 1.54) is 24.0 Å². The van der Waals surface area contributed by atoms with E-state index in [1.807, 2.05) is 6.33 Å². The van der Waals surface area contributed by atoms with Gasteiger partial charge in [-0.15, -0.1) is 10.2 Å². The van der Waals surface area contributed by atoms with Crippen LogP contribution in [0.15, 0.2) is 67.0 Å². The van der Waals surface area contributed by atoms with Gasteiger partial charge in [0.2, 0.25) is 0 Å². The molecule has 1 aliphatic rings. The Labute approximate surface area is 161 Å². The van der Waals surface area contributed by atoms with Gasteiger partial charge in [0.1, 0.15) is 12.2 Å². The van der Waals surface area contributed by atoms with Gasteiger partial charge in [-0.2, -0.15) is 0 Å². The minimum absolute atomic E-state index is 0.0312. The van der Waals surface area contributed by atoms with Crippen molar-refractivity contribution >= 4 is 0 Å². The number of rotatable bonds is 5. The third-order valence-electron chi connectivity index (χ3n) is 5.79. The lowest BCUT2D eigenvalue weighted by molar-refractivity contribution is 0.155. The van der Waals surface area contributed by atoms with Crippen LogP contribution in [0.25, 0.3) is 0 Å². The molecule has 0 bridgehead atoms. The maximum Gasteiger partial charge on any atom is 0.147 e. The number of hydrogen-bond acceptors (Lipinski definition) is 3. The third kappa shape index (κ3) is 3.54. The van der Waals surface area contributed by atoms with Crippen LogP contribution < -0.4 is 0 Å². The zero-order valence-corrected chi connectivity index (χ0v) is 16.3. The van der Waals surface area contributed by atoms with Crippen LogP contribution in [0, 0.1) is 0 Å². The minimum Gasteiger partial charge on any atom is -0.314 e. The highest BCUT2D eigenvalue weighted by atomic mass is 15.3. The molecule has 1 saturated heterocycles. The van der Waals surface area contributed by atoms with E-state index in [1.54, 1.807) is 0 Å². The van der Waals surface area contributed by atoms with Crippen LogP contribution in [0.3, 0.4) is 0 Å². The van der Waals surface area contributed by atoms with Crippen molar-refractivity contribution in [1.29, 1.82) is 0 Å². The van der Waals surface area contributed by atoms with Gasteiger partial charge in [0, 0.05) is 18.0 Å². The van der Waals surface area contributed by atoms with Crippen molar-refractivity contribution in [2.75, 3.05) is 13.1 Å². The predicted octanol–water partition coefficient (Wildman–Crippen LogP) is 4.44. The standard InChI is InChI=1S/C23H28N4/c1-19(2)27-18-24-25-22(27)16-26-15-9-14-23(17-26,20-10-5-3-6-11-20)21-12-7-4-8-13-21/h3-8,10-13,18-19H,9,14-17H2,1-2H3. The quantitative estimate of drug-likeness (QED) is 0.674. The summed E-state index contributed by atoms with van der Waals surface area (Å²) in [6, 6.07) is 22.4. The third-order valence-corrected chi connectivity index (χ3v) is 5.79. The Kier molecular flexibility index (Phi) is 5.08. The first-order valence-electron chi connectivity index (χ1n) is 9.91. The van der Waals surface area contributed by atoms with Crippen LogP contribution in [0.2, 0.25) is 0 Å². The molecule has 4 heteroatoms. The highest BCUT2D eigenvalue weighted by Gasteiger charge is 2.38. The van der Waals surface area contributed by atoms with Crippen molar-refractivity contribution in [3.05, 3.63) is 83.9 Å². The molecule has 0 amide bonds. The number of likely N-dealkylation sites (tertiary alicyclic amines) is 1. The molecule has 0 atom stereocenters. The zero-order chi connectivity index (χ0) is 18.7. The summed E-state index contributed by atoms with van der Waals surface area (Å²) in [5.74, 6) is 1.06. The number of hydrogen-bond donors (Lipinski definition) is 0. The lowest BCUT2D eigenvalue weighted by Crippen LogP contribution is -2.46. The molecule has 0 aliphatic carbocycles. The smallest absolute Gasteiger partial charge is 0.147 e. The van der Waals surface area contributed by atoms with Crippen LogP contribution in [0.5, 0.6) is 0 Å². The number of piperidine rings is 1. The van der Waals surface area contributed by atoms with Gasteiger partial charge in [-0.3, -0.25) is 4.90 Å². The summed E-state index contributed by atoms with van der Waals surface area (Å²) in [7, 11) is 0. The van der Waals surface area contributed by atoms with Gasteiger partial charge in [0.05, 0.1) is 6.54 Å². The van der Waals surface area contributed by atoms with Crippen molar-refractivity contribution in [1.82, 2.24) is 19.7 Å². The van der Waals surface area contributed by atoms with E-state index in [0.29, 0.717) is 6.04 Å². The van der Waals surface area contributed by atoms with Crippen molar-refractivity contribution in [3.63, 3.8) is 0 Å². The second-order valence-corrected chi connectivity index (χ2v) is 7.88. The van der Waals surface area contributed by atoms with E-state index in [2.05, 4.69) is 94.2 Å². The molecule has 1 fully saturated rings. The van der Waals surface area contributed by atoms with E-state index >= 15 is 0 Å². The summed E-state index contributed by atoms with van der Waals surface area (Å²) < 4.78 is 2.18. The highest BCUT2D eigenvalue weighted by Crippen LogP contribution is 2.40. The first kappa shape index (κ1) is 17.9. The van der Waals surface area contributed by atoms with Gasteiger partial charge in [0.15, 0.2) is 0 Å². The average Bonchev–Trinajstić information content (AvgIpc) is 3.18. The summed E-state index contributed by atoms with van der Waals surface area (Å²) in [5.41, 5.74) is 2.85. The summed E-state index contributed by atoms with van der Waals surface area (Å²) in [6.45, 7) is 7.32. The Morgan fingerprint density at radius 1 is 0.963 bits per heavy atom. The fraction of sp³-hybridized carbons (Fsp3) is 0.391. The van der Waals surface area contributed by atoms with Gasteiger partial charge in [0.25, 0.3) is 0 Å². The van der Waals surface area contributed by atoms with Crippen LogP contribution in [-0.2, 0) is 12.0 Å². The normalized spacial score (nSPS) is 17.3. The maximum atomic E-state index is 4.40. The lowest BCUT2D eigenvalue weighted by Gasteiger charge is -2.44. The molecule has 1 aromatic heterocycles. The number of benzene rings is 2. The van der Waals surface area contributed by atoms with E-state index < -0.39 is 0 Å². The molecule has 0 saturated carbocycles. The van der Waals surface area contributed by atoms with E-state index in [9.17, 15) is 0 Å². The van der Waals surface area contributed by atoms with Crippen LogP contribution >= 0.6 is 0 Å².